The van der Waals surface area contributed by atoms with Crippen LogP contribution in [0.15, 0.2) is 24.3 Å². The summed E-state index contributed by atoms with van der Waals surface area (Å²) in [6.07, 6.45) is 0. The summed E-state index contributed by atoms with van der Waals surface area (Å²) >= 11 is 1.33. The Morgan fingerprint density at radius 3 is 2.78 bits per heavy atom. The number of ether oxygens (including phenoxy) is 2. The standard InChI is InChI=1S/C16H13N3O3S/c1-9-11-7-14(23-15(11)19(2)18-9)16(20)22-12-5-4-10(8-17)6-13(12)21-3/h4-7H,1-3H3. The van der Waals surface area contributed by atoms with Gasteiger partial charge in [0.2, 0.25) is 0 Å². The zero-order chi connectivity index (χ0) is 16.6. The van der Waals surface area contributed by atoms with E-state index in [9.17, 15) is 4.79 Å². The highest BCUT2D eigenvalue weighted by Crippen LogP contribution is 2.31. The number of rotatable bonds is 3. The number of carbonyl (C=O) groups is 1. The predicted octanol–water partition coefficient (Wildman–Crippen LogP) is 3.04. The summed E-state index contributed by atoms with van der Waals surface area (Å²) in [5.41, 5.74) is 1.30. The quantitative estimate of drug-likeness (QED) is 0.546. The van der Waals surface area contributed by atoms with Gasteiger partial charge in [-0.15, -0.1) is 11.3 Å². The van der Waals surface area contributed by atoms with E-state index in [4.69, 9.17) is 14.7 Å². The molecular weight excluding hydrogens is 314 g/mol. The van der Waals surface area contributed by atoms with Gasteiger partial charge in [-0.2, -0.15) is 10.4 Å². The fourth-order valence-corrected chi connectivity index (χ4v) is 3.28. The average Bonchev–Trinajstić information content (AvgIpc) is 3.10. The zero-order valence-corrected chi connectivity index (χ0v) is 13.6. The van der Waals surface area contributed by atoms with E-state index < -0.39 is 5.97 Å². The molecule has 3 aromatic rings. The van der Waals surface area contributed by atoms with Crippen LogP contribution in [0.4, 0.5) is 0 Å². The number of aromatic nitrogens is 2. The minimum absolute atomic E-state index is 0.281. The van der Waals surface area contributed by atoms with Crippen LogP contribution in [-0.2, 0) is 7.05 Å². The molecule has 3 rings (SSSR count). The summed E-state index contributed by atoms with van der Waals surface area (Å²) in [5, 5.41) is 14.1. The minimum Gasteiger partial charge on any atom is -0.493 e. The molecule has 0 N–H and O–H groups in total. The van der Waals surface area contributed by atoms with Crippen molar-refractivity contribution in [3.8, 4) is 17.6 Å². The topological polar surface area (TPSA) is 77.1 Å². The highest BCUT2D eigenvalue weighted by Gasteiger charge is 2.18. The van der Waals surface area contributed by atoms with Gasteiger partial charge in [0, 0.05) is 18.5 Å². The van der Waals surface area contributed by atoms with Gasteiger partial charge in [0.05, 0.1) is 24.4 Å². The molecule has 0 spiro atoms. The fraction of sp³-hybridized carbons (Fsp3) is 0.188. The lowest BCUT2D eigenvalue weighted by molar-refractivity contribution is 0.0735. The SMILES string of the molecule is COc1cc(C#N)ccc1OC(=O)c1cc2c(C)nn(C)c2s1. The van der Waals surface area contributed by atoms with Gasteiger partial charge in [0.1, 0.15) is 9.71 Å². The van der Waals surface area contributed by atoms with Crippen LogP contribution in [0.5, 0.6) is 11.5 Å². The van der Waals surface area contributed by atoms with Crippen LogP contribution in [0.25, 0.3) is 10.2 Å². The van der Waals surface area contributed by atoms with Gasteiger partial charge < -0.3 is 9.47 Å². The molecule has 0 aliphatic heterocycles. The van der Waals surface area contributed by atoms with E-state index in [1.807, 2.05) is 20.0 Å². The Hall–Kier alpha value is -2.85. The highest BCUT2D eigenvalue weighted by molar-refractivity contribution is 7.20. The summed E-state index contributed by atoms with van der Waals surface area (Å²) in [6, 6.07) is 8.44. The van der Waals surface area contributed by atoms with Crippen molar-refractivity contribution in [1.29, 1.82) is 5.26 Å². The van der Waals surface area contributed by atoms with Crippen molar-refractivity contribution in [2.75, 3.05) is 7.11 Å². The minimum atomic E-state index is -0.464. The third kappa shape index (κ3) is 2.64. The predicted molar refractivity (Wildman–Crippen MR) is 86.0 cm³/mol. The molecule has 0 aliphatic rings. The summed E-state index contributed by atoms with van der Waals surface area (Å²) in [4.78, 5) is 13.8. The maximum atomic E-state index is 12.4. The normalized spacial score (nSPS) is 10.5. The Labute approximate surface area is 136 Å². The summed E-state index contributed by atoms with van der Waals surface area (Å²) in [7, 11) is 3.30. The van der Waals surface area contributed by atoms with Crippen molar-refractivity contribution in [2.45, 2.75) is 6.92 Å². The van der Waals surface area contributed by atoms with Gasteiger partial charge in [-0.1, -0.05) is 0 Å². The summed E-state index contributed by atoms with van der Waals surface area (Å²) < 4.78 is 12.3. The van der Waals surface area contributed by atoms with Crippen LogP contribution < -0.4 is 9.47 Å². The van der Waals surface area contributed by atoms with Crippen LogP contribution >= 0.6 is 11.3 Å². The first-order chi connectivity index (χ1) is 11.0. The molecule has 0 atom stereocenters. The van der Waals surface area contributed by atoms with E-state index in [1.54, 1.807) is 22.9 Å². The van der Waals surface area contributed by atoms with E-state index >= 15 is 0 Å². The number of methoxy groups -OCH3 is 1. The van der Waals surface area contributed by atoms with Crippen LogP contribution in [0, 0.1) is 18.3 Å². The van der Waals surface area contributed by atoms with Crippen molar-refractivity contribution in [3.05, 3.63) is 40.4 Å². The molecule has 0 unspecified atom stereocenters. The Morgan fingerprint density at radius 2 is 2.13 bits per heavy atom. The van der Waals surface area contributed by atoms with E-state index in [-0.39, 0.29) is 5.75 Å². The van der Waals surface area contributed by atoms with Crippen molar-refractivity contribution >= 4 is 27.5 Å². The molecule has 0 amide bonds. The van der Waals surface area contributed by atoms with Crippen LogP contribution in [0.3, 0.4) is 0 Å². The number of nitriles is 1. The van der Waals surface area contributed by atoms with Crippen molar-refractivity contribution in [1.82, 2.24) is 9.78 Å². The Kier molecular flexibility index (Phi) is 3.76. The molecule has 116 valence electrons. The number of fused-ring (bicyclic) bond motifs is 1. The highest BCUT2D eigenvalue weighted by atomic mass is 32.1. The van der Waals surface area contributed by atoms with Gasteiger partial charge in [0.15, 0.2) is 11.5 Å². The molecule has 6 nitrogen and oxygen atoms in total. The second kappa shape index (κ2) is 5.74. The molecule has 0 saturated heterocycles. The molecule has 1 aromatic carbocycles. The number of thiophene rings is 1. The molecule has 7 heteroatoms. The van der Waals surface area contributed by atoms with Gasteiger partial charge in [-0.3, -0.25) is 4.68 Å². The first-order valence-corrected chi connectivity index (χ1v) is 7.58. The Bertz CT molecular complexity index is 915. The fourth-order valence-electron chi connectivity index (χ4n) is 2.28. The lowest BCUT2D eigenvalue weighted by Gasteiger charge is -2.08. The molecule has 0 aliphatic carbocycles. The number of aryl methyl sites for hydroxylation is 2. The number of carbonyl (C=O) groups excluding carboxylic acids is 1. The monoisotopic (exact) mass is 327 g/mol. The van der Waals surface area contributed by atoms with Crippen LogP contribution in [0.1, 0.15) is 20.9 Å². The summed E-state index contributed by atoms with van der Waals surface area (Å²) in [6.45, 7) is 1.90. The van der Waals surface area contributed by atoms with E-state index in [1.165, 1.54) is 24.5 Å². The second-order valence-corrected chi connectivity index (χ2v) is 5.94. The van der Waals surface area contributed by atoms with Crippen molar-refractivity contribution in [2.24, 2.45) is 7.05 Å². The average molecular weight is 327 g/mol. The number of hydrogen-bond donors (Lipinski definition) is 0. The molecule has 2 heterocycles. The van der Waals surface area contributed by atoms with E-state index in [0.717, 1.165) is 15.9 Å². The first-order valence-electron chi connectivity index (χ1n) is 6.77. The second-order valence-electron chi connectivity index (χ2n) is 4.91. The Balaban J connectivity index is 1.91. The maximum Gasteiger partial charge on any atom is 0.353 e. The number of hydrogen-bond acceptors (Lipinski definition) is 6. The summed E-state index contributed by atoms with van der Waals surface area (Å²) in [5.74, 6) is 0.161. The largest absolute Gasteiger partial charge is 0.493 e. The van der Waals surface area contributed by atoms with Crippen molar-refractivity contribution in [3.63, 3.8) is 0 Å². The molecule has 0 saturated carbocycles. The molecular formula is C16H13N3O3S. The van der Waals surface area contributed by atoms with E-state index in [0.29, 0.717) is 16.2 Å². The first kappa shape index (κ1) is 15.1. The lowest BCUT2D eigenvalue weighted by Crippen LogP contribution is -2.07. The van der Waals surface area contributed by atoms with Gasteiger partial charge in [0.25, 0.3) is 0 Å². The number of esters is 1. The molecule has 0 fully saturated rings. The van der Waals surface area contributed by atoms with Crippen molar-refractivity contribution < 1.29 is 14.3 Å². The third-order valence-electron chi connectivity index (χ3n) is 3.39. The van der Waals surface area contributed by atoms with Gasteiger partial charge in [-0.25, -0.2) is 4.79 Å². The van der Waals surface area contributed by atoms with E-state index in [2.05, 4.69) is 5.10 Å². The van der Waals surface area contributed by atoms with Gasteiger partial charge in [-0.05, 0) is 25.1 Å². The van der Waals surface area contributed by atoms with Gasteiger partial charge >= 0.3 is 5.97 Å². The molecule has 2 aromatic heterocycles. The van der Waals surface area contributed by atoms with Crippen LogP contribution in [-0.4, -0.2) is 22.9 Å². The third-order valence-corrected chi connectivity index (χ3v) is 4.57. The maximum absolute atomic E-state index is 12.4. The smallest absolute Gasteiger partial charge is 0.353 e. The molecule has 23 heavy (non-hydrogen) atoms. The number of benzene rings is 1. The Morgan fingerprint density at radius 1 is 1.35 bits per heavy atom. The molecule has 0 bridgehead atoms. The number of nitrogens with zero attached hydrogens (tertiary/aromatic N) is 3. The molecule has 0 radical (unpaired) electrons. The lowest BCUT2D eigenvalue weighted by atomic mass is 10.2. The zero-order valence-electron chi connectivity index (χ0n) is 12.8. The van der Waals surface area contributed by atoms with Crippen LogP contribution in [0.2, 0.25) is 0 Å².